The smallest absolute Gasteiger partial charge is 0.175 e. The van der Waals surface area contributed by atoms with Gasteiger partial charge in [0.2, 0.25) is 0 Å². The van der Waals surface area contributed by atoms with Gasteiger partial charge >= 0.3 is 0 Å². The van der Waals surface area contributed by atoms with Crippen molar-refractivity contribution in [2.24, 2.45) is 5.73 Å². The molecule has 0 aliphatic carbocycles. The first-order valence-corrected chi connectivity index (χ1v) is 8.61. The highest BCUT2D eigenvalue weighted by Gasteiger charge is 2.07. The summed E-state index contributed by atoms with van der Waals surface area (Å²) in [4.78, 5) is 0.545. The highest BCUT2D eigenvalue weighted by molar-refractivity contribution is 7.90. The van der Waals surface area contributed by atoms with Gasteiger partial charge in [0.05, 0.1) is 15.6 Å². The lowest BCUT2D eigenvalue weighted by atomic mass is 10.2. The van der Waals surface area contributed by atoms with Crippen molar-refractivity contribution < 1.29 is 8.42 Å². The molecule has 0 aliphatic rings. The summed E-state index contributed by atoms with van der Waals surface area (Å²) in [6.45, 7) is 0. The number of halogens is 1. The Hall–Kier alpha value is -1.63. The van der Waals surface area contributed by atoms with Crippen molar-refractivity contribution in [3.05, 3.63) is 53.1 Å². The van der Waals surface area contributed by atoms with Crippen LogP contribution in [-0.4, -0.2) is 19.7 Å². The molecular weight excluding hydrogens is 328 g/mol. The number of hydrogen-bond acceptors (Lipinski definition) is 4. The summed E-state index contributed by atoms with van der Waals surface area (Å²) in [5, 5.41) is 3.59. The van der Waals surface area contributed by atoms with E-state index in [1.807, 2.05) is 0 Å². The molecule has 2 aromatic rings. The molecule has 0 atom stereocenters. The molecule has 2 rings (SSSR count). The Morgan fingerprint density at radius 2 is 1.81 bits per heavy atom. The van der Waals surface area contributed by atoms with Gasteiger partial charge in [-0.15, -0.1) is 0 Å². The number of thiocarbonyl (C=S) groups is 1. The molecule has 2 aromatic carbocycles. The molecule has 3 N–H and O–H groups in total. The van der Waals surface area contributed by atoms with Crippen LogP contribution in [0.1, 0.15) is 5.56 Å². The monoisotopic (exact) mass is 340 g/mol. The molecule has 0 heterocycles. The normalized spacial score (nSPS) is 11.1. The third-order valence-electron chi connectivity index (χ3n) is 2.82. The molecule has 110 valence electrons. The SMILES string of the molecule is CS(=O)(=O)c1ccc(Nc2ccc(C(N)=S)cc2Cl)cc1. The van der Waals surface area contributed by atoms with Gasteiger partial charge in [0.1, 0.15) is 4.99 Å². The summed E-state index contributed by atoms with van der Waals surface area (Å²) in [5.74, 6) is 0. The summed E-state index contributed by atoms with van der Waals surface area (Å²) in [5.41, 5.74) is 7.64. The summed E-state index contributed by atoms with van der Waals surface area (Å²) in [6.07, 6.45) is 1.17. The zero-order valence-corrected chi connectivity index (χ0v) is 13.5. The van der Waals surface area contributed by atoms with Crippen LogP contribution in [0.3, 0.4) is 0 Å². The second-order valence-electron chi connectivity index (χ2n) is 4.48. The fourth-order valence-electron chi connectivity index (χ4n) is 1.71. The Labute approximate surface area is 133 Å². The van der Waals surface area contributed by atoms with Crippen LogP contribution >= 0.6 is 23.8 Å². The second kappa shape index (κ2) is 6.01. The Balaban J connectivity index is 2.24. The molecular formula is C14H13ClN2O2S2. The summed E-state index contributed by atoms with van der Waals surface area (Å²) in [6, 6.07) is 11.6. The minimum absolute atomic E-state index is 0.267. The topological polar surface area (TPSA) is 72.2 Å². The van der Waals surface area contributed by atoms with Gasteiger partial charge in [-0.3, -0.25) is 0 Å². The number of nitrogens with one attached hydrogen (secondary N) is 1. The second-order valence-corrected chi connectivity index (χ2v) is 7.34. The van der Waals surface area contributed by atoms with Crippen LogP contribution in [0.5, 0.6) is 0 Å². The molecule has 0 aromatic heterocycles. The highest BCUT2D eigenvalue weighted by Crippen LogP contribution is 2.27. The third-order valence-corrected chi connectivity index (χ3v) is 4.49. The van der Waals surface area contributed by atoms with Crippen LogP contribution in [0.4, 0.5) is 11.4 Å². The van der Waals surface area contributed by atoms with E-state index in [1.54, 1.807) is 30.3 Å². The maximum absolute atomic E-state index is 11.4. The molecule has 0 radical (unpaired) electrons. The first-order valence-electron chi connectivity index (χ1n) is 5.94. The Bertz CT molecular complexity index is 787. The predicted octanol–water partition coefficient (Wildman–Crippen LogP) is 3.12. The lowest BCUT2D eigenvalue weighted by molar-refractivity contribution is 0.602. The van der Waals surface area contributed by atoms with Gasteiger partial charge in [-0.05, 0) is 42.5 Å². The lowest BCUT2D eigenvalue weighted by Crippen LogP contribution is -2.09. The minimum atomic E-state index is -3.20. The number of rotatable bonds is 4. The van der Waals surface area contributed by atoms with Gasteiger partial charge in [-0.1, -0.05) is 23.8 Å². The predicted molar refractivity (Wildman–Crippen MR) is 90.2 cm³/mol. The summed E-state index contributed by atoms with van der Waals surface area (Å²) < 4.78 is 22.8. The fourth-order valence-corrected chi connectivity index (χ4v) is 2.70. The number of anilines is 2. The van der Waals surface area contributed by atoms with Crippen molar-refractivity contribution in [1.29, 1.82) is 0 Å². The van der Waals surface area contributed by atoms with E-state index in [9.17, 15) is 8.42 Å². The Kier molecular flexibility index (Phi) is 4.51. The summed E-state index contributed by atoms with van der Waals surface area (Å²) in [7, 11) is -3.20. The zero-order chi connectivity index (χ0) is 15.6. The highest BCUT2D eigenvalue weighted by atomic mass is 35.5. The van der Waals surface area contributed by atoms with E-state index >= 15 is 0 Å². The number of nitrogens with two attached hydrogens (primary N) is 1. The molecule has 4 nitrogen and oxygen atoms in total. The van der Waals surface area contributed by atoms with Gasteiger partial charge in [0, 0.05) is 17.5 Å². The van der Waals surface area contributed by atoms with E-state index in [1.165, 1.54) is 18.4 Å². The molecule has 0 amide bonds. The lowest BCUT2D eigenvalue weighted by Gasteiger charge is -2.10. The third kappa shape index (κ3) is 3.93. The van der Waals surface area contributed by atoms with Crippen molar-refractivity contribution in [3.63, 3.8) is 0 Å². The molecule has 0 spiro atoms. The fraction of sp³-hybridized carbons (Fsp3) is 0.0714. The molecule has 21 heavy (non-hydrogen) atoms. The van der Waals surface area contributed by atoms with Gasteiger partial charge < -0.3 is 11.1 Å². The molecule has 0 unspecified atom stereocenters. The summed E-state index contributed by atoms with van der Waals surface area (Å²) >= 11 is 11.0. The van der Waals surface area contributed by atoms with Crippen LogP contribution in [0, 0.1) is 0 Å². The van der Waals surface area contributed by atoms with Crippen molar-refractivity contribution >= 4 is 50.0 Å². The first kappa shape index (κ1) is 15.8. The van der Waals surface area contributed by atoms with Crippen LogP contribution in [0.25, 0.3) is 0 Å². The molecule has 7 heteroatoms. The standard InChI is InChI=1S/C14H13ClN2O2S2/c1-21(18,19)11-5-3-10(4-6-11)17-13-7-2-9(14(16)20)8-12(13)15/h2-8,17H,1H3,(H2,16,20). The maximum Gasteiger partial charge on any atom is 0.175 e. The van der Waals surface area contributed by atoms with Gasteiger partial charge in [0.15, 0.2) is 9.84 Å². The minimum Gasteiger partial charge on any atom is -0.389 e. The Morgan fingerprint density at radius 3 is 2.29 bits per heavy atom. The molecule has 0 fully saturated rings. The van der Waals surface area contributed by atoms with E-state index in [0.29, 0.717) is 16.3 Å². The van der Waals surface area contributed by atoms with Crippen molar-refractivity contribution in [3.8, 4) is 0 Å². The van der Waals surface area contributed by atoms with Crippen molar-refractivity contribution in [2.45, 2.75) is 4.90 Å². The average Bonchev–Trinajstić information content (AvgIpc) is 2.40. The van der Waals surface area contributed by atoms with Gasteiger partial charge in [-0.25, -0.2) is 8.42 Å². The molecule has 0 saturated heterocycles. The Morgan fingerprint density at radius 1 is 1.19 bits per heavy atom. The van der Waals surface area contributed by atoms with E-state index in [4.69, 9.17) is 29.6 Å². The van der Waals surface area contributed by atoms with E-state index < -0.39 is 9.84 Å². The molecule has 0 bridgehead atoms. The molecule has 0 saturated carbocycles. The van der Waals surface area contributed by atoms with Crippen LogP contribution in [-0.2, 0) is 9.84 Å². The first-order chi connectivity index (χ1) is 9.77. The number of benzene rings is 2. The van der Waals surface area contributed by atoms with Gasteiger partial charge in [-0.2, -0.15) is 0 Å². The van der Waals surface area contributed by atoms with Crippen LogP contribution < -0.4 is 11.1 Å². The van der Waals surface area contributed by atoms with E-state index in [-0.39, 0.29) is 9.88 Å². The average molecular weight is 341 g/mol. The number of hydrogen-bond donors (Lipinski definition) is 2. The van der Waals surface area contributed by atoms with Crippen LogP contribution in [0.2, 0.25) is 5.02 Å². The van der Waals surface area contributed by atoms with Crippen molar-refractivity contribution in [2.75, 3.05) is 11.6 Å². The van der Waals surface area contributed by atoms with E-state index in [2.05, 4.69) is 5.32 Å². The molecule has 0 aliphatic heterocycles. The van der Waals surface area contributed by atoms with E-state index in [0.717, 1.165) is 5.69 Å². The van der Waals surface area contributed by atoms with Crippen LogP contribution in [0.15, 0.2) is 47.4 Å². The van der Waals surface area contributed by atoms with Crippen molar-refractivity contribution in [1.82, 2.24) is 0 Å². The largest absolute Gasteiger partial charge is 0.389 e. The zero-order valence-electron chi connectivity index (χ0n) is 11.1. The van der Waals surface area contributed by atoms with Gasteiger partial charge in [0.25, 0.3) is 0 Å². The quantitative estimate of drug-likeness (QED) is 0.837. The number of sulfone groups is 1. The maximum atomic E-state index is 11.4.